The van der Waals surface area contributed by atoms with Crippen LogP contribution in [0.15, 0.2) is 48.5 Å². The number of nitrogens with zero attached hydrogens (tertiary/aromatic N) is 2. The number of rotatable bonds is 3. The molecule has 4 aromatic rings. The van der Waals surface area contributed by atoms with Crippen LogP contribution in [-0.4, -0.2) is 20.3 Å². The fraction of sp³-hybridized carbons (Fsp3) is 0.0588. The zero-order valence-electron chi connectivity index (χ0n) is 12.2. The van der Waals surface area contributed by atoms with Gasteiger partial charge in [0.05, 0.1) is 28.1 Å². The van der Waals surface area contributed by atoms with Gasteiger partial charge in [-0.3, -0.25) is 5.10 Å². The summed E-state index contributed by atoms with van der Waals surface area (Å²) in [6.45, 7) is -0.0472. The van der Waals surface area contributed by atoms with E-state index in [1.807, 2.05) is 48.5 Å². The van der Waals surface area contributed by atoms with Gasteiger partial charge in [-0.25, -0.2) is 4.98 Å². The first-order chi connectivity index (χ1) is 11.3. The highest BCUT2D eigenvalue weighted by Crippen LogP contribution is 2.39. The second-order valence-electron chi connectivity index (χ2n) is 5.16. The Balaban J connectivity index is 1.94. The van der Waals surface area contributed by atoms with Gasteiger partial charge in [-0.15, -0.1) is 11.3 Å². The van der Waals surface area contributed by atoms with Gasteiger partial charge in [-0.2, -0.15) is 5.10 Å². The number of fused-ring (bicyclic) bond motifs is 1. The number of aliphatic hydroxyl groups is 1. The predicted octanol–water partition coefficient (Wildman–Crippen LogP) is 3.43. The lowest BCUT2D eigenvalue weighted by molar-refractivity contribution is 0.282. The SMILES string of the molecule is Nc1n[nH]c(-c2ccccc2CO)c1-c1nc2ccccc2s1. The smallest absolute Gasteiger partial charge is 0.156 e. The van der Waals surface area contributed by atoms with Crippen molar-refractivity contribution in [3.05, 3.63) is 54.1 Å². The minimum absolute atomic E-state index is 0.0472. The Morgan fingerprint density at radius 3 is 2.70 bits per heavy atom. The zero-order valence-corrected chi connectivity index (χ0v) is 13.0. The van der Waals surface area contributed by atoms with Crippen LogP contribution in [0.2, 0.25) is 0 Å². The Hall–Kier alpha value is -2.70. The predicted molar refractivity (Wildman–Crippen MR) is 93.0 cm³/mol. The second-order valence-corrected chi connectivity index (χ2v) is 6.19. The number of nitrogen functional groups attached to an aromatic ring is 1. The van der Waals surface area contributed by atoms with Gasteiger partial charge >= 0.3 is 0 Å². The molecule has 0 fully saturated rings. The van der Waals surface area contributed by atoms with E-state index < -0.39 is 0 Å². The summed E-state index contributed by atoms with van der Waals surface area (Å²) in [4.78, 5) is 4.67. The van der Waals surface area contributed by atoms with Gasteiger partial charge in [-0.1, -0.05) is 36.4 Å². The van der Waals surface area contributed by atoms with Crippen LogP contribution in [0.5, 0.6) is 0 Å². The summed E-state index contributed by atoms with van der Waals surface area (Å²) in [6, 6.07) is 15.6. The van der Waals surface area contributed by atoms with Gasteiger partial charge in [0, 0.05) is 5.56 Å². The summed E-state index contributed by atoms with van der Waals surface area (Å²) in [5.74, 6) is 0.409. The summed E-state index contributed by atoms with van der Waals surface area (Å²) in [5, 5.41) is 17.5. The van der Waals surface area contributed by atoms with E-state index in [1.54, 1.807) is 11.3 Å². The van der Waals surface area contributed by atoms with Crippen molar-refractivity contribution in [1.82, 2.24) is 15.2 Å². The minimum Gasteiger partial charge on any atom is -0.392 e. The fourth-order valence-electron chi connectivity index (χ4n) is 2.65. The van der Waals surface area contributed by atoms with Gasteiger partial charge in [0.1, 0.15) is 5.01 Å². The first kappa shape index (κ1) is 13.9. The molecule has 2 aromatic carbocycles. The lowest BCUT2D eigenvalue weighted by Gasteiger charge is -2.06. The minimum atomic E-state index is -0.0472. The van der Waals surface area contributed by atoms with Crippen LogP contribution in [-0.2, 0) is 6.61 Å². The van der Waals surface area contributed by atoms with Crippen molar-refractivity contribution in [2.24, 2.45) is 0 Å². The van der Waals surface area contributed by atoms with Crippen molar-refractivity contribution < 1.29 is 5.11 Å². The molecule has 0 bridgehead atoms. The Bertz CT molecular complexity index is 956. The molecule has 4 rings (SSSR count). The van der Waals surface area contributed by atoms with Crippen LogP contribution >= 0.6 is 11.3 Å². The Kier molecular flexibility index (Phi) is 3.33. The summed E-state index contributed by atoms with van der Waals surface area (Å²) >= 11 is 1.58. The number of aliphatic hydroxyl groups excluding tert-OH is 1. The zero-order chi connectivity index (χ0) is 15.8. The number of thiazole rings is 1. The number of aromatic nitrogens is 3. The van der Waals surface area contributed by atoms with Gasteiger partial charge in [-0.05, 0) is 17.7 Å². The van der Waals surface area contributed by atoms with Gasteiger partial charge < -0.3 is 10.8 Å². The third kappa shape index (κ3) is 2.28. The lowest BCUT2D eigenvalue weighted by atomic mass is 10.0. The van der Waals surface area contributed by atoms with Crippen LogP contribution < -0.4 is 5.73 Å². The third-order valence-corrected chi connectivity index (χ3v) is 4.81. The molecular formula is C17H14N4OS. The van der Waals surface area contributed by atoms with Gasteiger partial charge in [0.15, 0.2) is 5.82 Å². The summed E-state index contributed by atoms with van der Waals surface area (Å²) in [5.41, 5.74) is 10.3. The maximum Gasteiger partial charge on any atom is 0.156 e. The molecule has 5 nitrogen and oxygen atoms in total. The summed E-state index contributed by atoms with van der Waals surface area (Å²) in [7, 11) is 0. The molecule has 0 unspecified atom stereocenters. The second kappa shape index (κ2) is 5.49. The average molecular weight is 322 g/mol. The number of para-hydroxylation sites is 1. The Morgan fingerprint density at radius 1 is 1.09 bits per heavy atom. The number of hydrogen-bond acceptors (Lipinski definition) is 5. The topological polar surface area (TPSA) is 87.8 Å². The first-order valence-electron chi connectivity index (χ1n) is 7.17. The number of nitrogens with two attached hydrogens (primary N) is 1. The van der Waals surface area contributed by atoms with Crippen molar-refractivity contribution in [2.75, 3.05) is 5.73 Å². The van der Waals surface area contributed by atoms with Crippen LogP contribution in [0.1, 0.15) is 5.56 Å². The monoisotopic (exact) mass is 322 g/mol. The maximum atomic E-state index is 9.58. The van der Waals surface area contributed by atoms with Gasteiger partial charge in [0.25, 0.3) is 0 Å². The molecule has 0 aliphatic carbocycles. The first-order valence-corrected chi connectivity index (χ1v) is 7.98. The molecule has 0 aliphatic heterocycles. The van der Waals surface area contributed by atoms with Crippen molar-refractivity contribution in [3.63, 3.8) is 0 Å². The fourth-order valence-corrected chi connectivity index (χ4v) is 3.67. The van der Waals surface area contributed by atoms with E-state index in [4.69, 9.17) is 5.73 Å². The molecule has 0 saturated heterocycles. The molecule has 0 amide bonds. The van der Waals surface area contributed by atoms with Crippen LogP contribution in [0.3, 0.4) is 0 Å². The van der Waals surface area contributed by atoms with Crippen molar-refractivity contribution in [1.29, 1.82) is 0 Å². The molecule has 0 saturated carbocycles. The maximum absolute atomic E-state index is 9.58. The number of hydrogen-bond donors (Lipinski definition) is 3. The highest BCUT2D eigenvalue weighted by Gasteiger charge is 2.19. The van der Waals surface area contributed by atoms with E-state index >= 15 is 0 Å². The number of benzene rings is 2. The standard InChI is InChI=1S/C17H14N4OS/c18-16-14(17-19-12-7-3-4-8-13(12)23-17)15(20-21-16)11-6-2-1-5-10(11)9-22/h1-8,22H,9H2,(H3,18,20,21). The van der Waals surface area contributed by atoms with Crippen molar-refractivity contribution >= 4 is 27.4 Å². The summed E-state index contributed by atoms with van der Waals surface area (Å²) in [6.07, 6.45) is 0. The molecule has 0 radical (unpaired) electrons. The normalized spacial score (nSPS) is 11.2. The Labute approximate surface area is 136 Å². The molecule has 0 atom stereocenters. The van der Waals surface area contributed by atoms with Crippen LogP contribution in [0.25, 0.3) is 32.0 Å². The quantitative estimate of drug-likeness (QED) is 0.539. The molecule has 2 heterocycles. The lowest BCUT2D eigenvalue weighted by Crippen LogP contribution is -1.92. The molecular weight excluding hydrogens is 308 g/mol. The molecule has 2 aromatic heterocycles. The highest BCUT2D eigenvalue weighted by molar-refractivity contribution is 7.21. The van der Waals surface area contributed by atoms with E-state index in [0.29, 0.717) is 5.82 Å². The van der Waals surface area contributed by atoms with Crippen molar-refractivity contribution in [3.8, 4) is 21.8 Å². The van der Waals surface area contributed by atoms with E-state index in [0.717, 1.165) is 37.6 Å². The third-order valence-electron chi connectivity index (χ3n) is 3.76. The number of aromatic amines is 1. The average Bonchev–Trinajstić information content (AvgIpc) is 3.17. The van der Waals surface area contributed by atoms with Crippen molar-refractivity contribution in [2.45, 2.75) is 6.61 Å². The van der Waals surface area contributed by atoms with E-state index in [9.17, 15) is 5.11 Å². The molecule has 23 heavy (non-hydrogen) atoms. The number of nitrogens with one attached hydrogen (secondary N) is 1. The van der Waals surface area contributed by atoms with Gasteiger partial charge in [0.2, 0.25) is 0 Å². The molecule has 4 N–H and O–H groups in total. The van der Waals surface area contributed by atoms with Crippen LogP contribution in [0.4, 0.5) is 5.82 Å². The van der Waals surface area contributed by atoms with E-state index in [2.05, 4.69) is 15.2 Å². The molecule has 114 valence electrons. The van der Waals surface area contributed by atoms with E-state index in [1.165, 1.54) is 0 Å². The summed E-state index contributed by atoms with van der Waals surface area (Å²) < 4.78 is 1.10. The number of anilines is 1. The van der Waals surface area contributed by atoms with E-state index in [-0.39, 0.29) is 6.61 Å². The Morgan fingerprint density at radius 2 is 1.87 bits per heavy atom. The largest absolute Gasteiger partial charge is 0.392 e. The molecule has 6 heteroatoms. The molecule has 0 aliphatic rings. The number of H-pyrrole nitrogens is 1. The molecule has 0 spiro atoms. The highest BCUT2D eigenvalue weighted by atomic mass is 32.1. The van der Waals surface area contributed by atoms with Crippen LogP contribution in [0, 0.1) is 0 Å².